The van der Waals surface area contributed by atoms with Crippen LogP contribution < -0.4 is 0 Å². The zero-order chi connectivity index (χ0) is 14.5. The van der Waals surface area contributed by atoms with Gasteiger partial charge in [0.15, 0.2) is 0 Å². The van der Waals surface area contributed by atoms with Gasteiger partial charge in [0.2, 0.25) is 0 Å². The summed E-state index contributed by atoms with van der Waals surface area (Å²) in [5.74, 6) is -0.875. The molecule has 1 unspecified atom stereocenters. The van der Waals surface area contributed by atoms with Gasteiger partial charge < -0.3 is 5.11 Å². The first-order valence-electron chi connectivity index (χ1n) is 6.75. The number of pyridine rings is 1. The van der Waals surface area contributed by atoms with Crippen molar-refractivity contribution in [3.05, 3.63) is 65.0 Å². The van der Waals surface area contributed by atoms with Gasteiger partial charge in [-0.2, -0.15) is 0 Å². The van der Waals surface area contributed by atoms with Gasteiger partial charge in [0.05, 0.1) is 6.42 Å². The molecule has 3 heteroatoms. The lowest BCUT2D eigenvalue weighted by Crippen LogP contribution is -2.11. The minimum atomic E-state index is -0.787. The van der Waals surface area contributed by atoms with Crippen LogP contribution in [0.2, 0.25) is 0 Å². The Morgan fingerprint density at radius 2 is 2.05 bits per heavy atom. The molecule has 0 aliphatic rings. The molecule has 104 valence electrons. The maximum Gasteiger partial charge on any atom is 0.304 e. The maximum atomic E-state index is 11.1. The quantitative estimate of drug-likeness (QED) is 0.903. The van der Waals surface area contributed by atoms with Crippen LogP contribution in [0.1, 0.15) is 34.7 Å². The van der Waals surface area contributed by atoms with Crippen molar-refractivity contribution in [2.24, 2.45) is 0 Å². The van der Waals surface area contributed by atoms with Gasteiger partial charge in [-0.15, -0.1) is 0 Å². The summed E-state index contributed by atoms with van der Waals surface area (Å²) < 4.78 is 0. The van der Waals surface area contributed by atoms with Crippen LogP contribution in [-0.4, -0.2) is 16.1 Å². The number of aromatic nitrogens is 1. The number of aryl methyl sites for hydroxylation is 2. The highest BCUT2D eigenvalue weighted by Gasteiger charge is 2.18. The second-order valence-corrected chi connectivity index (χ2v) is 5.18. The highest BCUT2D eigenvalue weighted by atomic mass is 16.4. The predicted octanol–water partition coefficient (Wildman–Crippen LogP) is 3.50. The summed E-state index contributed by atoms with van der Waals surface area (Å²) in [4.78, 5) is 15.4. The highest BCUT2D eigenvalue weighted by Crippen LogP contribution is 2.24. The molecular formula is C17H19NO2. The first kappa shape index (κ1) is 14.3. The molecule has 1 aromatic carbocycles. The van der Waals surface area contributed by atoms with Crippen molar-refractivity contribution in [1.82, 2.24) is 4.98 Å². The lowest BCUT2D eigenvalue weighted by Gasteiger charge is -2.16. The second-order valence-electron chi connectivity index (χ2n) is 5.18. The molecule has 1 atom stereocenters. The van der Waals surface area contributed by atoms with Gasteiger partial charge in [0.1, 0.15) is 0 Å². The van der Waals surface area contributed by atoms with Gasteiger partial charge in [0, 0.05) is 17.8 Å². The molecule has 0 aliphatic heterocycles. The molecule has 0 aliphatic carbocycles. The number of hydrogen-bond donors (Lipinski definition) is 1. The van der Waals surface area contributed by atoms with Gasteiger partial charge in [-0.25, -0.2) is 0 Å². The van der Waals surface area contributed by atoms with Crippen molar-refractivity contribution < 1.29 is 9.90 Å². The largest absolute Gasteiger partial charge is 0.481 e. The molecule has 0 saturated heterocycles. The summed E-state index contributed by atoms with van der Waals surface area (Å²) in [6, 6.07) is 11.9. The SMILES string of the molecule is Cc1ccc(CC(CC(=O)O)c2ccccn2)c(C)c1. The smallest absolute Gasteiger partial charge is 0.304 e. The maximum absolute atomic E-state index is 11.1. The Labute approximate surface area is 119 Å². The Balaban J connectivity index is 2.26. The van der Waals surface area contributed by atoms with Gasteiger partial charge in [-0.1, -0.05) is 29.8 Å². The first-order valence-corrected chi connectivity index (χ1v) is 6.75. The highest BCUT2D eigenvalue weighted by molar-refractivity contribution is 5.68. The molecule has 0 radical (unpaired) electrons. The van der Waals surface area contributed by atoms with Gasteiger partial charge in [-0.05, 0) is 43.5 Å². The molecule has 0 amide bonds. The molecule has 1 heterocycles. The van der Waals surface area contributed by atoms with E-state index in [1.807, 2.05) is 18.2 Å². The van der Waals surface area contributed by atoms with E-state index in [0.29, 0.717) is 6.42 Å². The summed E-state index contributed by atoms with van der Waals surface area (Å²) in [6.45, 7) is 4.13. The van der Waals surface area contributed by atoms with Crippen molar-refractivity contribution >= 4 is 5.97 Å². The summed E-state index contributed by atoms with van der Waals surface area (Å²) in [7, 11) is 0. The van der Waals surface area contributed by atoms with Crippen molar-refractivity contribution in [3.8, 4) is 0 Å². The third-order valence-electron chi connectivity index (χ3n) is 3.49. The normalized spacial score (nSPS) is 12.1. The summed E-state index contributed by atoms with van der Waals surface area (Å²) in [5, 5.41) is 9.11. The van der Waals surface area contributed by atoms with Crippen LogP contribution in [0.25, 0.3) is 0 Å². The van der Waals surface area contributed by atoms with E-state index in [2.05, 4.69) is 37.0 Å². The molecule has 2 rings (SSSR count). The van der Waals surface area contributed by atoms with E-state index in [0.717, 1.165) is 5.69 Å². The number of rotatable bonds is 5. The standard InChI is InChI=1S/C17H19NO2/c1-12-6-7-14(13(2)9-12)10-15(11-17(19)20)16-5-3-4-8-18-16/h3-9,15H,10-11H2,1-2H3,(H,19,20). The lowest BCUT2D eigenvalue weighted by atomic mass is 9.90. The van der Waals surface area contributed by atoms with Crippen LogP contribution in [0.4, 0.5) is 0 Å². The van der Waals surface area contributed by atoms with Crippen molar-refractivity contribution in [3.63, 3.8) is 0 Å². The lowest BCUT2D eigenvalue weighted by molar-refractivity contribution is -0.137. The summed E-state index contributed by atoms with van der Waals surface area (Å²) >= 11 is 0. The minimum Gasteiger partial charge on any atom is -0.481 e. The number of carboxylic acids is 1. The topological polar surface area (TPSA) is 50.2 Å². The zero-order valence-electron chi connectivity index (χ0n) is 11.8. The number of carboxylic acid groups (broad SMARTS) is 1. The number of benzene rings is 1. The first-order chi connectivity index (χ1) is 9.56. The molecule has 0 bridgehead atoms. The van der Waals surface area contributed by atoms with Gasteiger partial charge in [0.25, 0.3) is 0 Å². The van der Waals surface area contributed by atoms with Crippen LogP contribution in [0.3, 0.4) is 0 Å². The fourth-order valence-electron chi connectivity index (χ4n) is 2.45. The Morgan fingerprint density at radius 3 is 2.65 bits per heavy atom. The molecular weight excluding hydrogens is 250 g/mol. The average molecular weight is 269 g/mol. The third kappa shape index (κ3) is 3.67. The monoisotopic (exact) mass is 269 g/mol. The van der Waals surface area contributed by atoms with Crippen LogP contribution in [0, 0.1) is 13.8 Å². The molecule has 0 fully saturated rings. The summed E-state index contributed by atoms with van der Waals surface area (Å²) in [5.41, 5.74) is 4.46. The van der Waals surface area contributed by atoms with Gasteiger partial charge >= 0.3 is 5.97 Å². The van der Waals surface area contributed by atoms with Crippen LogP contribution in [-0.2, 0) is 11.2 Å². The van der Waals surface area contributed by atoms with E-state index >= 15 is 0 Å². The van der Waals surface area contributed by atoms with Crippen LogP contribution in [0.5, 0.6) is 0 Å². The second kappa shape index (κ2) is 6.33. The third-order valence-corrected chi connectivity index (χ3v) is 3.49. The van der Waals surface area contributed by atoms with Crippen molar-refractivity contribution in [1.29, 1.82) is 0 Å². The number of aliphatic carboxylic acids is 1. The molecule has 2 aromatic rings. The number of hydrogen-bond acceptors (Lipinski definition) is 2. The molecule has 0 saturated carbocycles. The molecule has 20 heavy (non-hydrogen) atoms. The van der Waals surface area contributed by atoms with E-state index in [1.54, 1.807) is 6.20 Å². The summed E-state index contributed by atoms with van der Waals surface area (Å²) in [6.07, 6.45) is 2.52. The van der Waals surface area contributed by atoms with E-state index in [-0.39, 0.29) is 12.3 Å². The Kier molecular flexibility index (Phi) is 4.51. The predicted molar refractivity (Wildman–Crippen MR) is 78.9 cm³/mol. The number of carbonyl (C=O) groups is 1. The Hall–Kier alpha value is -2.16. The average Bonchev–Trinajstić information content (AvgIpc) is 2.41. The molecule has 0 spiro atoms. The van der Waals surface area contributed by atoms with Gasteiger partial charge in [-0.3, -0.25) is 9.78 Å². The molecule has 3 nitrogen and oxygen atoms in total. The fourth-order valence-corrected chi connectivity index (χ4v) is 2.45. The fraction of sp³-hybridized carbons (Fsp3) is 0.294. The molecule has 1 N–H and O–H groups in total. The zero-order valence-corrected chi connectivity index (χ0v) is 11.8. The minimum absolute atomic E-state index is 0.0879. The number of nitrogens with zero attached hydrogens (tertiary/aromatic N) is 1. The van der Waals surface area contributed by atoms with Crippen LogP contribution in [0.15, 0.2) is 42.6 Å². The van der Waals surface area contributed by atoms with E-state index in [1.165, 1.54) is 16.7 Å². The van der Waals surface area contributed by atoms with E-state index in [4.69, 9.17) is 5.11 Å². The van der Waals surface area contributed by atoms with E-state index < -0.39 is 5.97 Å². The molecule has 1 aromatic heterocycles. The Morgan fingerprint density at radius 1 is 1.25 bits per heavy atom. The Bertz CT molecular complexity index is 593. The van der Waals surface area contributed by atoms with E-state index in [9.17, 15) is 4.79 Å². The van der Waals surface area contributed by atoms with Crippen molar-refractivity contribution in [2.45, 2.75) is 32.6 Å². The van der Waals surface area contributed by atoms with Crippen molar-refractivity contribution in [2.75, 3.05) is 0 Å². The van der Waals surface area contributed by atoms with Crippen LogP contribution >= 0.6 is 0 Å².